The molecule has 1 saturated heterocycles. The summed E-state index contributed by atoms with van der Waals surface area (Å²) in [6.07, 6.45) is 14.7. The van der Waals surface area contributed by atoms with E-state index in [0.29, 0.717) is 5.41 Å². The number of nitrogens with two attached hydrogens (primary N) is 1. The number of amides is 1. The fraction of sp³-hybridized carbons (Fsp3) is 0.941. The van der Waals surface area contributed by atoms with Crippen molar-refractivity contribution in [1.82, 2.24) is 4.90 Å². The summed E-state index contributed by atoms with van der Waals surface area (Å²) in [5.41, 5.74) is 6.45. The molecule has 0 aromatic carbocycles. The minimum absolute atomic E-state index is 0. The van der Waals surface area contributed by atoms with Crippen LogP contribution in [0.5, 0.6) is 0 Å². The van der Waals surface area contributed by atoms with E-state index < -0.39 is 5.54 Å². The molecule has 2 N–H and O–H groups in total. The van der Waals surface area contributed by atoms with E-state index in [9.17, 15) is 4.79 Å². The molecular weight excluding hydrogens is 284 g/mol. The second-order valence-electron chi connectivity index (χ2n) is 7.57. The number of nitrogens with zero attached hydrogens (tertiary/aromatic N) is 1. The molecule has 3 nitrogen and oxygen atoms in total. The van der Waals surface area contributed by atoms with E-state index in [-0.39, 0.29) is 18.3 Å². The molecular formula is C17H31ClN2O. The van der Waals surface area contributed by atoms with Crippen LogP contribution in [-0.4, -0.2) is 29.4 Å². The third kappa shape index (κ3) is 3.56. The summed E-state index contributed by atoms with van der Waals surface area (Å²) in [7, 11) is 0. The molecule has 0 aromatic rings. The normalized spacial score (nSPS) is 28.0. The predicted molar refractivity (Wildman–Crippen MR) is 88.6 cm³/mol. The van der Waals surface area contributed by atoms with Crippen LogP contribution in [0.1, 0.15) is 77.0 Å². The molecule has 0 radical (unpaired) electrons. The van der Waals surface area contributed by atoms with Gasteiger partial charge < -0.3 is 10.6 Å². The first-order valence-corrected chi connectivity index (χ1v) is 8.72. The Labute approximate surface area is 135 Å². The molecule has 122 valence electrons. The van der Waals surface area contributed by atoms with Crippen LogP contribution in [0.3, 0.4) is 0 Å². The van der Waals surface area contributed by atoms with Crippen molar-refractivity contribution in [2.75, 3.05) is 13.1 Å². The summed E-state index contributed by atoms with van der Waals surface area (Å²) in [6.45, 7) is 1.91. The van der Waals surface area contributed by atoms with Gasteiger partial charge >= 0.3 is 0 Å². The van der Waals surface area contributed by atoms with E-state index in [1.165, 1.54) is 51.4 Å². The van der Waals surface area contributed by atoms with Crippen LogP contribution in [0.4, 0.5) is 0 Å². The highest BCUT2D eigenvalue weighted by atomic mass is 35.5. The summed E-state index contributed by atoms with van der Waals surface area (Å²) < 4.78 is 0. The van der Waals surface area contributed by atoms with Crippen LogP contribution in [-0.2, 0) is 4.79 Å². The maximum Gasteiger partial charge on any atom is 0.242 e. The Balaban J connectivity index is 0.00000161. The lowest BCUT2D eigenvalue weighted by Crippen LogP contribution is -2.58. The average molecular weight is 315 g/mol. The van der Waals surface area contributed by atoms with E-state index in [0.717, 1.165) is 38.8 Å². The van der Waals surface area contributed by atoms with Gasteiger partial charge in [0.1, 0.15) is 0 Å². The molecule has 21 heavy (non-hydrogen) atoms. The summed E-state index contributed by atoms with van der Waals surface area (Å²) >= 11 is 0. The van der Waals surface area contributed by atoms with Crippen molar-refractivity contribution in [2.45, 2.75) is 82.6 Å². The van der Waals surface area contributed by atoms with E-state index >= 15 is 0 Å². The second kappa shape index (κ2) is 6.87. The van der Waals surface area contributed by atoms with Gasteiger partial charge in [-0.25, -0.2) is 0 Å². The lowest BCUT2D eigenvalue weighted by Gasteiger charge is -2.46. The summed E-state index contributed by atoms with van der Waals surface area (Å²) in [5, 5.41) is 0. The van der Waals surface area contributed by atoms with Crippen molar-refractivity contribution in [1.29, 1.82) is 0 Å². The monoisotopic (exact) mass is 314 g/mol. The first-order chi connectivity index (χ1) is 9.64. The molecule has 3 fully saturated rings. The standard InChI is InChI=1S/C17H30N2O.ClH/c18-17(9-5-2-6-10-17)15(20)19-13-11-16(12-14-19)7-3-1-4-8-16;/h1-14,18H2;1H. The van der Waals surface area contributed by atoms with Crippen molar-refractivity contribution in [3.8, 4) is 0 Å². The van der Waals surface area contributed by atoms with Gasteiger partial charge in [-0.15, -0.1) is 12.4 Å². The molecule has 0 aromatic heterocycles. The number of rotatable bonds is 1. The number of hydrogen-bond donors (Lipinski definition) is 1. The first kappa shape index (κ1) is 17.1. The largest absolute Gasteiger partial charge is 0.341 e. The van der Waals surface area contributed by atoms with Crippen LogP contribution in [0.25, 0.3) is 0 Å². The number of piperidine rings is 1. The van der Waals surface area contributed by atoms with Gasteiger partial charge in [-0.2, -0.15) is 0 Å². The Hall–Kier alpha value is -0.280. The Bertz CT molecular complexity index is 350. The highest BCUT2D eigenvalue weighted by molar-refractivity contribution is 5.86. The second-order valence-corrected chi connectivity index (χ2v) is 7.57. The summed E-state index contributed by atoms with van der Waals surface area (Å²) in [4.78, 5) is 14.8. The molecule has 1 amide bonds. The molecule has 4 heteroatoms. The predicted octanol–water partition coefficient (Wildman–Crippen LogP) is 3.64. The third-order valence-electron chi connectivity index (χ3n) is 6.20. The van der Waals surface area contributed by atoms with Gasteiger partial charge in [-0.3, -0.25) is 4.79 Å². The number of hydrogen-bond acceptors (Lipinski definition) is 2. The lowest BCUT2D eigenvalue weighted by molar-refractivity contribution is -0.141. The molecule has 2 aliphatic carbocycles. The highest BCUT2D eigenvalue weighted by Gasteiger charge is 2.42. The molecule has 3 aliphatic rings. The van der Waals surface area contributed by atoms with Crippen LogP contribution >= 0.6 is 12.4 Å². The van der Waals surface area contributed by atoms with Crippen LogP contribution in [0.15, 0.2) is 0 Å². The summed E-state index contributed by atoms with van der Waals surface area (Å²) in [5.74, 6) is 0.253. The number of carbonyl (C=O) groups is 1. The zero-order valence-corrected chi connectivity index (χ0v) is 14.1. The van der Waals surface area contributed by atoms with Gasteiger partial charge in [-0.1, -0.05) is 38.5 Å². The van der Waals surface area contributed by atoms with Gasteiger partial charge in [0.15, 0.2) is 0 Å². The van der Waals surface area contributed by atoms with Gasteiger partial charge in [0, 0.05) is 13.1 Å². The van der Waals surface area contributed by atoms with Gasteiger partial charge in [0.2, 0.25) is 5.91 Å². The Kier molecular flexibility index (Phi) is 5.59. The number of halogens is 1. The molecule has 1 spiro atoms. The number of carbonyl (C=O) groups excluding carboxylic acids is 1. The average Bonchev–Trinajstić information content (AvgIpc) is 2.49. The Morgan fingerprint density at radius 1 is 0.762 bits per heavy atom. The van der Waals surface area contributed by atoms with E-state index in [2.05, 4.69) is 4.90 Å². The molecule has 3 rings (SSSR count). The zero-order valence-electron chi connectivity index (χ0n) is 13.2. The quantitative estimate of drug-likeness (QED) is 0.803. The van der Waals surface area contributed by atoms with Gasteiger partial charge in [0.25, 0.3) is 0 Å². The van der Waals surface area contributed by atoms with E-state index in [1.807, 2.05) is 0 Å². The van der Waals surface area contributed by atoms with Crippen LogP contribution in [0.2, 0.25) is 0 Å². The van der Waals surface area contributed by atoms with Crippen molar-refractivity contribution in [3.05, 3.63) is 0 Å². The molecule has 1 heterocycles. The highest BCUT2D eigenvalue weighted by Crippen LogP contribution is 2.45. The Morgan fingerprint density at radius 3 is 1.76 bits per heavy atom. The zero-order chi connectivity index (χ0) is 14.1. The topological polar surface area (TPSA) is 46.3 Å². The molecule has 1 aliphatic heterocycles. The SMILES string of the molecule is Cl.NC1(C(=O)N2CCC3(CCCCC3)CC2)CCCCC1. The lowest BCUT2D eigenvalue weighted by atomic mass is 9.68. The molecule has 0 bridgehead atoms. The fourth-order valence-electron chi connectivity index (χ4n) is 4.70. The van der Waals surface area contributed by atoms with Crippen molar-refractivity contribution in [2.24, 2.45) is 11.1 Å². The third-order valence-corrected chi connectivity index (χ3v) is 6.20. The number of likely N-dealkylation sites (tertiary alicyclic amines) is 1. The van der Waals surface area contributed by atoms with Gasteiger partial charge in [0.05, 0.1) is 5.54 Å². The minimum Gasteiger partial charge on any atom is -0.341 e. The first-order valence-electron chi connectivity index (χ1n) is 8.72. The molecule has 2 saturated carbocycles. The van der Waals surface area contributed by atoms with E-state index in [4.69, 9.17) is 5.73 Å². The molecule has 0 unspecified atom stereocenters. The minimum atomic E-state index is -0.532. The van der Waals surface area contributed by atoms with Gasteiger partial charge in [-0.05, 0) is 43.9 Å². The molecule has 0 atom stereocenters. The van der Waals surface area contributed by atoms with Crippen molar-refractivity contribution >= 4 is 18.3 Å². The van der Waals surface area contributed by atoms with Crippen LogP contribution in [0, 0.1) is 5.41 Å². The smallest absolute Gasteiger partial charge is 0.242 e. The van der Waals surface area contributed by atoms with Crippen LogP contribution < -0.4 is 5.73 Å². The maximum atomic E-state index is 12.7. The van der Waals surface area contributed by atoms with Crippen molar-refractivity contribution in [3.63, 3.8) is 0 Å². The maximum absolute atomic E-state index is 12.7. The van der Waals surface area contributed by atoms with E-state index in [1.54, 1.807) is 0 Å². The Morgan fingerprint density at radius 2 is 1.24 bits per heavy atom. The summed E-state index contributed by atoms with van der Waals surface area (Å²) in [6, 6.07) is 0. The fourth-order valence-corrected chi connectivity index (χ4v) is 4.70. The van der Waals surface area contributed by atoms with Crippen molar-refractivity contribution < 1.29 is 4.79 Å².